The summed E-state index contributed by atoms with van der Waals surface area (Å²) in [5.74, 6) is -0.0589. The third-order valence-electron chi connectivity index (χ3n) is 6.28. The fraction of sp³-hybridized carbons (Fsp3) is 0.700. The van der Waals surface area contributed by atoms with Gasteiger partial charge in [-0.1, -0.05) is 0 Å². The minimum Gasteiger partial charge on any atom is -0.446 e. The van der Waals surface area contributed by atoms with Crippen LogP contribution in [-0.4, -0.2) is 45.8 Å². The van der Waals surface area contributed by atoms with Crippen molar-refractivity contribution in [3.63, 3.8) is 0 Å². The molecule has 0 bridgehead atoms. The predicted octanol–water partition coefficient (Wildman–Crippen LogP) is 1.79. The third kappa shape index (κ3) is 5.85. The second-order valence-corrected chi connectivity index (χ2v) is 9.10. The number of hydrogen-bond donors (Lipinski definition) is 4. The van der Waals surface area contributed by atoms with Crippen molar-refractivity contribution in [1.82, 2.24) is 31.5 Å². The highest BCUT2D eigenvalue weighted by molar-refractivity contribution is 5.78. The molecule has 2 heterocycles. The van der Waals surface area contributed by atoms with Crippen molar-refractivity contribution in [2.75, 3.05) is 0 Å². The second kappa shape index (κ2) is 8.81. The van der Waals surface area contributed by atoms with E-state index < -0.39 is 11.9 Å². The van der Waals surface area contributed by atoms with E-state index in [1.807, 2.05) is 6.92 Å². The Balaban J connectivity index is 1.18. The number of halogens is 3. The summed E-state index contributed by atoms with van der Waals surface area (Å²) in [7, 11) is 0. The van der Waals surface area contributed by atoms with Crippen molar-refractivity contribution in [3.8, 4) is 0 Å². The minimum atomic E-state index is -4.56. The van der Waals surface area contributed by atoms with Crippen LogP contribution in [0.15, 0.2) is 12.4 Å². The topological polar surface area (TPSA) is 117 Å². The van der Waals surface area contributed by atoms with E-state index >= 15 is 0 Å². The lowest BCUT2D eigenvalue weighted by Crippen LogP contribution is -2.45. The highest BCUT2D eigenvalue weighted by atomic mass is 19.4. The summed E-state index contributed by atoms with van der Waals surface area (Å²) >= 11 is 0. The third-order valence-corrected chi connectivity index (χ3v) is 6.28. The number of alkyl carbamates (subject to hydrolysis) is 1. The maximum atomic E-state index is 12.5. The van der Waals surface area contributed by atoms with E-state index in [4.69, 9.17) is 4.74 Å². The lowest BCUT2D eigenvalue weighted by Gasteiger charge is -2.19. The number of carbonyl (C=O) groups excluding carboxylic acids is 2. The van der Waals surface area contributed by atoms with Gasteiger partial charge in [0, 0.05) is 17.8 Å². The van der Waals surface area contributed by atoms with Gasteiger partial charge in [-0.15, -0.1) is 0 Å². The van der Waals surface area contributed by atoms with Gasteiger partial charge >= 0.3 is 12.3 Å². The van der Waals surface area contributed by atoms with Crippen LogP contribution in [0.4, 0.5) is 18.0 Å². The lowest BCUT2D eigenvalue weighted by atomic mass is 9.96. The summed E-state index contributed by atoms with van der Waals surface area (Å²) in [5.41, 5.74) is 5.19. The summed E-state index contributed by atoms with van der Waals surface area (Å²) in [6.07, 6.45) is 1.14. The zero-order chi connectivity index (χ0) is 22.9. The number of rotatable bonds is 6. The Kier molecular flexibility index (Phi) is 6.26. The molecule has 4 N–H and O–H groups in total. The van der Waals surface area contributed by atoms with E-state index in [-0.39, 0.29) is 48.0 Å². The van der Waals surface area contributed by atoms with Crippen molar-refractivity contribution in [3.05, 3.63) is 23.8 Å². The van der Waals surface area contributed by atoms with E-state index in [0.717, 1.165) is 38.3 Å². The summed E-state index contributed by atoms with van der Waals surface area (Å²) in [4.78, 5) is 31.2. The van der Waals surface area contributed by atoms with Crippen LogP contribution < -0.4 is 21.5 Å². The number of hydrogen-bond acceptors (Lipinski definition) is 7. The van der Waals surface area contributed by atoms with Crippen molar-refractivity contribution >= 4 is 12.0 Å². The molecule has 0 radical (unpaired) electrons. The smallest absolute Gasteiger partial charge is 0.434 e. The number of nitrogens with one attached hydrogen (secondary N) is 4. The molecule has 2 unspecified atom stereocenters. The standard InChI is InChI=1S/C20H27F3N6O3/c1-19(4-5-19)27-18(31)32-13-3-2-11(6-13)14-8-16(29-28-14)26-17(30)7-12-9-25-15(10-24-12)20(21,22)23/h9-11,13-14,16,28-29H,2-8H2,1H3,(H,26,30)(H,27,31)/t11-,13+,14?,16?/m0/s1. The fourth-order valence-corrected chi connectivity index (χ4v) is 4.17. The van der Waals surface area contributed by atoms with E-state index in [1.54, 1.807) is 0 Å². The predicted molar refractivity (Wildman–Crippen MR) is 106 cm³/mol. The van der Waals surface area contributed by atoms with Gasteiger partial charge in [0.05, 0.1) is 24.5 Å². The molecule has 32 heavy (non-hydrogen) atoms. The van der Waals surface area contributed by atoms with E-state index in [9.17, 15) is 22.8 Å². The van der Waals surface area contributed by atoms with Crippen LogP contribution >= 0.6 is 0 Å². The molecule has 2 aliphatic carbocycles. The highest BCUT2D eigenvalue weighted by Crippen LogP contribution is 2.36. The first-order valence-corrected chi connectivity index (χ1v) is 10.8. The number of carbonyl (C=O) groups is 2. The monoisotopic (exact) mass is 456 g/mol. The molecule has 4 rings (SSSR count). The van der Waals surface area contributed by atoms with Crippen LogP contribution in [0.2, 0.25) is 0 Å². The molecule has 12 heteroatoms. The van der Waals surface area contributed by atoms with Crippen molar-refractivity contribution < 1.29 is 27.5 Å². The quantitative estimate of drug-likeness (QED) is 0.516. The van der Waals surface area contributed by atoms with Crippen LogP contribution in [-0.2, 0) is 22.1 Å². The van der Waals surface area contributed by atoms with Gasteiger partial charge in [-0.2, -0.15) is 13.2 Å². The largest absolute Gasteiger partial charge is 0.446 e. The Morgan fingerprint density at radius 3 is 2.62 bits per heavy atom. The number of hydrazine groups is 1. The zero-order valence-electron chi connectivity index (χ0n) is 17.7. The van der Waals surface area contributed by atoms with Gasteiger partial charge in [0.25, 0.3) is 0 Å². The van der Waals surface area contributed by atoms with Crippen LogP contribution in [0.25, 0.3) is 0 Å². The molecule has 1 aliphatic heterocycles. The maximum Gasteiger partial charge on any atom is 0.434 e. The van der Waals surface area contributed by atoms with Crippen molar-refractivity contribution in [2.24, 2.45) is 5.92 Å². The summed E-state index contributed by atoms with van der Waals surface area (Å²) in [6, 6.07) is 0.115. The Bertz CT molecular complexity index is 846. The van der Waals surface area contributed by atoms with Gasteiger partial charge in [0.1, 0.15) is 6.10 Å². The summed E-state index contributed by atoms with van der Waals surface area (Å²) in [6.45, 7) is 2.00. The fourth-order valence-electron chi connectivity index (χ4n) is 4.17. The molecular weight excluding hydrogens is 429 g/mol. The number of aromatic nitrogens is 2. The van der Waals surface area contributed by atoms with Gasteiger partial charge in [-0.3, -0.25) is 15.2 Å². The normalized spacial score (nSPS) is 28.9. The molecule has 2 saturated carbocycles. The maximum absolute atomic E-state index is 12.5. The minimum absolute atomic E-state index is 0.108. The van der Waals surface area contributed by atoms with E-state index in [1.165, 1.54) is 0 Å². The average molecular weight is 456 g/mol. The second-order valence-electron chi connectivity index (χ2n) is 9.10. The highest BCUT2D eigenvalue weighted by Gasteiger charge is 2.41. The zero-order valence-corrected chi connectivity index (χ0v) is 17.7. The van der Waals surface area contributed by atoms with Crippen LogP contribution in [0.1, 0.15) is 56.8 Å². The Morgan fingerprint density at radius 2 is 1.97 bits per heavy atom. The molecule has 9 nitrogen and oxygen atoms in total. The molecule has 3 aliphatic rings. The Labute approximate surface area is 183 Å². The first kappa shape index (κ1) is 22.7. The molecule has 2 amide bonds. The Morgan fingerprint density at radius 1 is 1.19 bits per heavy atom. The number of alkyl halides is 3. The molecule has 0 spiro atoms. The summed E-state index contributed by atoms with van der Waals surface area (Å²) in [5, 5.41) is 5.70. The molecule has 3 fully saturated rings. The van der Waals surface area contributed by atoms with E-state index in [2.05, 4.69) is 31.5 Å². The van der Waals surface area contributed by atoms with Crippen LogP contribution in [0.5, 0.6) is 0 Å². The van der Waals surface area contributed by atoms with Crippen molar-refractivity contribution in [1.29, 1.82) is 0 Å². The van der Waals surface area contributed by atoms with Gasteiger partial charge in [-0.05, 0) is 51.4 Å². The molecule has 1 aromatic heterocycles. The van der Waals surface area contributed by atoms with Gasteiger partial charge in [-0.25, -0.2) is 15.2 Å². The first-order chi connectivity index (χ1) is 15.1. The average Bonchev–Trinajstić information content (AvgIpc) is 3.07. The molecule has 176 valence electrons. The van der Waals surface area contributed by atoms with Crippen LogP contribution in [0.3, 0.4) is 0 Å². The van der Waals surface area contributed by atoms with Crippen molar-refractivity contribution in [2.45, 2.75) is 81.9 Å². The number of ether oxygens (including phenoxy) is 1. The molecule has 0 aromatic carbocycles. The lowest BCUT2D eigenvalue weighted by molar-refractivity contribution is -0.141. The Hall–Kier alpha value is -2.47. The molecular formula is C20H27F3N6O3. The molecule has 4 atom stereocenters. The van der Waals surface area contributed by atoms with E-state index in [0.29, 0.717) is 18.5 Å². The molecule has 1 saturated heterocycles. The summed E-state index contributed by atoms with van der Waals surface area (Å²) < 4.78 is 43.2. The number of amides is 2. The van der Waals surface area contributed by atoms with Crippen LogP contribution in [0, 0.1) is 5.92 Å². The molecule has 1 aromatic rings. The SMILES string of the molecule is CC1(NC(=O)O[C@@H]2CC[C@H](C3CC(NC(=O)Cc4cnc(C(F)(F)F)cn4)NN3)C2)CC1. The number of nitrogens with zero attached hydrogens (tertiary/aromatic N) is 2. The van der Waals surface area contributed by atoms with Gasteiger partial charge in [0.2, 0.25) is 5.91 Å². The van der Waals surface area contributed by atoms with Gasteiger partial charge < -0.3 is 15.4 Å². The van der Waals surface area contributed by atoms with Gasteiger partial charge in [0.15, 0.2) is 5.69 Å². The first-order valence-electron chi connectivity index (χ1n) is 10.8.